The van der Waals surface area contributed by atoms with Crippen molar-refractivity contribution in [2.75, 3.05) is 6.61 Å². The molecule has 2 aromatic carbocycles. The molecule has 2 aromatic rings. The molecule has 32 heavy (non-hydrogen) atoms. The zero-order chi connectivity index (χ0) is 22.8. The van der Waals surface area contributed by atoms with Crippen molar-refractivity contribution in [2.24, 2.45) is 5.92 Å². The van der Waals surface area contributed by atoms with Gasteiger partial charge in [-0.15, -0.1) is 0 Å². The van der Waals surface area contributed by atoms with Gasteiger partial charge in [-0.3, -0.25) is 0 Å². The van der Waals surface area contributed by atoms with Gasteiger partial charge in [0.05, 0.1) is 12.2 Å². The monoisotopic (exact) mass is 438 g/mol. The summed E-state index contributed by atoms with van der Waals surface area (Å²) in [5.74, 6) is 1.14. The molecule has 3 heteroatoms. The van der Waals surface area contributed by atoms with Crippen LogP contribution < -0.4 is 0 Å². The van der Waals surface area contributed by atoms with Gasteiger partial charge in [0.1, 0.15) is 0 Å². The van der Waals surface area contributed by atoms with Gasteiger partial charge >= 0.3 is 6.11 Å². The minimum Gasteiger partial charge on any atom is -0.316 e. The normalized spacial score (nSPS) is 19.8. The predicted molar refractivity (Wildman–Crippen MR) is 129 cm³/mol. The van der Waals surface area contributed by atoms with Crippen LogP contribution in [0.15, 0.2) is 72.8 Å². The van der Waals surface area contributed by atoms with E-state index in [1.54, 1.807) is 0 Å². The lowest BCUT2D eigenvalue weighted by molar-refractivity contribution is -0.248. The Kier molecular flexibility index (Phi) is 9.23. The number of ether oxygens (including phenoxy) is 1. The molecule has 0 saturated heterocycles. The van der Waals surface area contributed by atoms with Crippen LogP contribution in [0.25, 0.3) is 0 Å². The molecule has 0 aliphatic heterocycles. The van der Waals surface area contributed by atoms with Gasteiger partial charge in [0.2, 0.25) is 0 Å². The highest BCUT2D eigenvalue weighted by molar-refractivity contribution is 5.28. The zero-order valence-corrected chi connectivity index (χ0v) is 19.4. The molecule has 1 saturated carbocycles. The second-order valence-electron chi connectivity index (χ2n) is 8.80. The Morgan fingerprint density at radius 3 is 2.06 bits per heavy atom. The number of halogens is 2. The summed E-state index contributed by atoms with van der Waals surface area (Å²) in [6.45, 7) is 4.07. The minimum absolute atomic E-state index is 0.0123. The first-order valence-electron chi connectivity index (χ1n) is 12.0. The van der Waals surface area contributed by atoms with Crippen LogP contribution in [0, 0.1) is 5.92 Å². The maximum atomic E-state index is 14.6. The number of hydrogen-bond acceptors (Lipinski definition) is 1. The lowest BCUT2D eigenvalue weighted by Gasteiger charge is -2.27. The third-order valence-electron chi connectivity index (χ3n) is 6.49. The molecule has 0 unspecified atom stereocenters. The highest BCUT2D eigenvalue weighted by Crippen LogP contribution is 2.37. The summed E-state index contributed by atoms with van der Waals surface area (Å²) >= 11 is 0. The fourth-order valence-corrected chi connectivity index (χ4v) is 4.54. The first-order chi connectivity index (χ1) is 15.5. The summed E-state index contributed by atoms with van der Waals surface area (Å²) in [6, 6.07) is 14.9. The average molecular weight is 439 g/mol. The van der Waals surface area contributed by atoms with Gasteiger partial charge in [-0.25, -0.2) is 0 Å². The summed E-state index contributed by atoms with van der Waals surface area (Å²) in [7, 11) is 0. The number of hydrogen-bond donors (Lipinski definition) is 0. The Morgan fingerprint density at radius 2 is 1.47 bits per heavy atom. The van der Waals surface area contributed by atoms with Gasteiger partial charge in [0.25, 0.3) is 0 Å². The highest BCUT2D eigenvalue weighted by Gasteiger charge is 2.33. The molecule has 0 amide bonds. The molecule has 0 radical (unpaired) electrons. The maximum Gasteiger partial charge on any atom is 0.383 e. The molecule has 1 aliphatic carbocycles. The van der Waals surface area contributed by atoms with E-state index in [1.165, 1.54) is 30.5 Å². The molecule has 0 spiro atoms. The lowest BCUT2D eigenvalue weighted by atomic mass is 9.78. The fraction of sp³-hybridized carbons (Fsp3) is 0.448. The van der Waals surface area contributed by atoms with Gasteiger partial charge in [-0.1, -0.05) is 72.8 Å². The first-order valence-corrected chi connectivity index (χ1v) is 12.0. The Balaban J connectivity index is 1.48. The lowest BCUT2D eigenvalue weighted by Crippen LogP contribution is -2.20. The van der Waals surface area contributed by atoms with Crippen molar-refractivity contribution >= 4 is 0 Å². The van der Waals surface area contributed by atoms with Crippen molar-refractivity contribution in [2.45, 2.75) is 70.8 Å². The molecule has 1 nitrogen and oxygen atoms in total. The second kappa shape index (κ2) is 12.1. The molecule has 172 valence electrons. The van der Waals surface area contributed by atoms with Crippen molar-refractivity contribution < 1.29 is 13.5 Å². The standard InChI is InChI=1S/C29H36F2O/c1-3-5-6-8-24-9-11-25(12-10-24)21-22-32-29(30,31)28-19-17-27(18-20-28)26-15-13-23(7-4-2)14-16-26/h3-5,7,9-12,17-20,23,26H,6,8,13-16,21-22H2,1-2H3/b5-3+,7-4+. The van der Waals surface area contributed by atoms with E-state index in [4.69, 9.17) is 4.74 Å². The van der Waals surface area contributed by atoms with Crippen LogP contribution in [0.3, 0.4) is 0 Å². The molecule has 0 N–H and O–H groups in total. The largest absolute Gasteiger partial charge is 0.383 e. The van der Waals surface area contributed by atoms with Gasteiger partial charge < -0.3 is 4.74 Å². The molecule has 0 bridgehead atoms. The zero-order valence-electron chi connectivity index (χ0n) is 19.4. The molecule has 0 aromatic heterocycles. The molecule has 3 rings (SSSR count). The summed E-state index contributed by atoms with van der Waals surface area (Å²) in [5, 5.41) is 0. The third kappa shape index (κ3) is 7.13. The van der Waals surface area contributed by atoms with Crippen molar-refractivity contribution in [3.05, 3.63) is 95.1 Å². The predicted octanol–water partition coefficient (Wildman–Crippen LogP) is 8.35. The van der Waals surface area contributed by atoms with Crippen LogP contribution in [-0.2, 0) is 23.7 Å². The van der Waals surface area contributed by atoms with Crippen LogP contribution in [0.1, 0.15) is 74.1 Å². The van der Waals surface area contributed by atoms with Crippen LogP contribution in [-0.4, -0.2) is 6.61 Å². The molecule has 0 atom stereocenters. The molecular weight excluding hydrogens is 402 g/mol. The Labute approximate surface area is 192 Å². The number of benzene rings is 2. The van der Waals surface area contributed by atoms with E-state index in [-0.39, 0.29) is 12.2 Å². The van der Waals surface area contributed by atoms with Gasteiger partial charge in [0.15, 0.2) is 0 Å². The second-order valence-corrected chi connectivity index (χ2v) is 8.80. The summed E-state index contributed by atoms with van der Waals surface area (Å²) in [6.07, 6.45) is 12.4. The van der Waals surface area contributed by atoms with Gasteiger partial charge in [-0.05, 0) is 87.3 Å². The molecular formula is C29H36F2O. The maximum absolute atomic E-state index is 14.6. The number of allylic oxidation sites excluding steroid dienone is 4. The number of alkyl halides is 2. The average Bonchev–Trinajstić information content (AvgIpc) is 2.81. The number of aryl methyl sites for hydroxylation is 1. The van der Waals surface area contributed by atoms with Crippen LogP contribution in [0.5, 0.6) is 0 Å². The van der Waals surface area contributed by atoms with Crippen molar-refractivity contribution in [3.8, 4) is 0 Å². The molecule has 1 fully saturated rings. The first kappa shape index (κ1) is 24.4. The summed E-state index contributed by atoms with van der Waals surface area (Å²) in [4.78, 5) is 0. The summed E-state index contributed by atoms with van der Waals surface area (Å²) < 4.78 is 34.1. The van der Waals surface area contributed by atoms with E-state index in [0.717, 1.165) is 36.8 Å². The minimum atomic E-state index is -3.27. The smallest absolute Gasteiger partial charge is 0.316 e. The van der Waals surface area contributed by atoms with Gasteiger partial charge in [0, 0.05) is 0 Å². The van der Waals surface area contributed by atoms with E-state index in [1.807, 2.05) is 31.2 Å². The van der Waals surface area contributed by atoms with E-state index in [2.05, 4.69) is 43.4 Å². The number of rotatable bonds is 10. The van der Waals surface area contributed by atoms with E-state index in [9.17, 15) is 8.78 Å². The Morgan fingerprint density at radius 1 is 0.844 bits per heavy atom. The quantitative estimate of drug-likeness (QED) is 0.339. The van der Waals surface area contributed by atoms with Crippen molar-refractivity contribution in [1.29, 1.82) is 0 Å². The van der Waals surface area contributed by atoms with E-state index >= 15 is 0 Å². The van der Waals surface area contributed by atoms with E-state index < -0.39 is 6.11 Å². The van der Waals surface area contributed by atoms with Crippen LogP contribution >= 0.6 is 0 Å². The van der Waals surface area contributed by atoms with E-state index in [0.29, 0.717) is 18.3 Å². The van der Waals surface area contributed by atoms with Crippen molar-refractivity contribution in [1.82, 2.24) is 0 Å². The third-order valence-corrected chi connectivity index (χ3v) is 6.49. The summed E-state index contributed by atoms with van der Waals surface area (Å²) in [5.41, 5.74) is 3.37. The fourth-order valence-electron chi connectivity index (χ4n) is 4.54. The van der Waals surface area contributed by atoms with Crippen LogP contribution in [0.4, 0.5) is 8.78 Å². The Hall–Kier alpha value is -2.26. The Bertz CT molecular complexity index is 857. The molecule has 1 aliphatic rings. The van der Waals surface area contributed by atoms with Crippen molar-refractivity contribution in [3.63, 3.8) is 0 Å². The van der Waals surface area contributed by atoms with Crippen LogP contribution in [0.2, 0.25) is 0 Å². The van der Waals surface area contributed by atoms with Gasteiger partial charge in [-0.2, -0.15) is 8.78 Å². The highest BCUT2D eigenvalue weighted by atomic mass is 19.3. The topological polar surface area (TPSA) is 9.23 Å². The molecule has 0 heterocycles. The SMILES string of the molecule is C/C=C/CCc1ccc(CCOC(F)(F)c2ccc(C3CCC(/C=C/C)CC3)cc2)cc1.